The maximum atomic E-state index is 13.2. The lowest BCUT2D eigenvalue weighted by atomic mass is 10.0. The summed E-state index contributed by atoms with van der Waals surface area (Å²) in [4.78, 5) is 11.5. The van der Waals surface area contributed by atoms with E-state index < -0.39 is 5.82 Å². The van der Waals surface area contributed by atoms with Crippen LogP contribution in [0.4, 0.5) is 4.39 Å². The number of rotatable bonds is 0. The van der Waals surface area contributed by atoms with Gasteiger partial charge < -0.3 is 0 Å². The summed E-state index contributed by atoms with van der Waals surface area (Å²) in [6, 6.07) is 4.73. The van der Waals surface area contributed by atoms with Crippen LogP contribution in [0, 0.1) is 5.82 Å². The van der Waals surface area contributed by atoms with Gasteiger partial charge in [0.05, 0.1) is 21.7 Å². The maximum absolute atomic E-state index is 13.2. The predicted molar refractivity (Wildman–Crippen MR) is 50.1 cm³/mol. The fourth-order valence-electron chi connectivity index (χ4n) is 1.46. The van der Waals surface area contributed by atoms with Gasteiger partial charge in [0.2, 0.25) is 0 Å². The third kappa shape index (κ3) is 1.35. The maximum Gasteiger partial charge on any atom is 0.266 e. The molecule has 2 nitrogen and oxygen atoms in total. The monoisotopic (exact) mass is 243 g/mol. The van der Waals surface area contributed by atoms with E-state index in [-0.39, 0.29) is 11.5 Å². The Kier molecular flexibility index (Phi) is 2.07. The number of fused-ring (bicyclic) bond motifs is 1. The van der Waals surface area contributed by atoms with Crippen LogP contribution in [0.3, 0.4) is 0 Å². The van der Waals surface area contributed by atoms with Crippen molar-refractivity contribution in [3.63, 3.8) is 0 Å². The number of carbonyl (C=O) groups excluding carboxylic acids is 1. The number of benzene rings is 1. The van der Waals surface area contributed by atoms with E-state index in [2.05, 4.69) is 16.1 Å². The van der Waals surface area contributed by atoms with E-state index in [1.54, 1.807) is 12.1 Å². The third-order valence-electron chi connectivity index (χ3n) is 2.11. The zero-order valence-electron chi connectivity index (χ0n) is 6.76. The molecule has 0 spiro atoms. The zero-order chi connectivity index (χ0) is 9.42. The summed E-state index contributed by atoms with van der Waals surface area (Å²) in [5, 5.41) is 0. The van der Waals surface area contributed by atoms with Gasteiger partial charge >= 0.3 is 0 Å². The fourth-order valence-corrected chi connectivity index (χ4v) is 1.81. The van der Waals surface area contributed by atoms with Crippen molar-refractivity contribution in [3.05, 3.63) is 35.1 Å². The highest BCUT2D eigenvalue weighted by Gasteiger charge is 2.25. The second-order valence-corrected chi connectivity index (χ2v) is 3.77. The minimum Gasteiger partial charge on any atom is -0.274 e. The van der Waals surface area contributed by atoms with Crippen LogP contribution < -0.4 is 0 Å². The number of carbonyl (C=O) groups is 1. The molecule has 0 atom stereocenters. The summed E-state index contributed by atoms with van der Waals surface area (Å²) >= 11 is 3.07. The molecule has 1 aliphatic heterocycles. The van der Waals surface area contributed by atoms with Crippen LogP contribution >= 0.6 is 16.1 Å². The van der Waals surface area contributed by atoms with E-state index in [9.17, 15) is 9.18 Å². The Morgan fingerprint density at radius 1 is 1.46 bits per heavy atom. The van der Waals surface area contributed by atoms with Gasteiger partial charge in [-0.2, -0.15) is 0 Å². The van der Waals surface area contributed by atoms with Crippen LogP contribution in [0.25, 0.3) is 0 Å². The van der Waals surface area contributed by atoms with Crippen molar-refractivity contribution in [2.45, 2.75) is 6.42 Å². The van der Waals surface area contributed by atoms with Crippen molar-refractivity contribution < 1.29 is 9.18 Å². The average Bonchev–Trinajstić information content (AvgIpc) is 2.12. The van der Waals surface area contributed by atoms with Gasteiger partial charge in [0.25, 0.3) is 5.91 Å². The molecule has 4 heteroatoms. The van der Waals surface area contributed by atoms with E-state index >= 15 is 0 Å². The Bertz CT molecular complexity index is 367. The van der Waals surface area contributed by atoms with Crippen molar-refractivity contribution in [2.24, 2.45) is 0 Å². The van der Waals surface area contributed by atoms with Gasteiger partial charge in [-0.25, -0.2) is 4.39 Å². The SMILES string of the molecule is O=C1c2c(F)cccc2CCN1Br. The highest BCUT2D eigenvalue weighted by atomic mass is 79.9. The number of nitrogens with zero attached hydrogens (tertiary/aromatic N) is 1. The standard InChI is InChI=1S/C9H7BrFNO/c10-12-5-4-6-2-1-3-7(11)8(6)9(12)13/h1-3H,4-5H2. The number of hydrogen-bond acceptors (Lipinski definition) is 1. The van der Waals surface area contributed by atoms with Gasteiger partial charge in [-0.3, -0.25) is 8.72 Å². The first-order valence-corrected chi connectivity index (χ1v) is 4.66. The summed E-state index contributed by atoms with van der Waals surface area (Å²) in [6.45, 7) is 0.593. The molecule has 0 radical (unpaired) electrons. The molecule has 0 fully saturated rings. The van der Waals surface area contributed by atoms with Gasteiger partial charge in [0.15, 0.2) is 0 Å². The predicted octanol–water partition coefficient (Wildman–Crippen LogP) is 2.13. The molecule has 1 heterocycles. The summed E-state index contributed by atoms with van der Waals surface area (Å²) in [5.41, 5.74) is 0.992. The average molecular weight is 244 g/mol. The Labute approximate surface area is 83.7 Å². The van der Waals surface area contributed by atoms with Gasteiger partial charge in [0.1, 0.15) is 5.82 Å². The summed E-state index contributed by atoms with van der Waals surface area (Å²) in [6.07, 6.45) is 0.698. The lowest BCUT2D eigenvalue weighted by molar-refractivity contribution is 0.0863. The lowest BCUT2D eigenvalue weighted by Crippen LogP contribution is -2.30. The molecular weight excluding hydrogens is 237 g/mol. The number of halogens is 2. The van der Waals surface area contributed by atoms with Gasteiger partial charge in [0, 0.05) is 6.54 Å². The van der Waals surface area contributed by atoms with E-state index in [1.807, 2.05) is 0 Å². The van der Waals surface area contributed by atoms with Crippen LogP contribution in [0.2, 0.25) is 0 Å². The number of amides is 1. The Hall–Kier alpha value is -0.900. The molecule has 1 aromatic rings. The lowest BCUT2D eigenvalue weighted by Gasteiger charge is -2.22. The van der Waals surface area contributed by atoms with Gasteiger partial charge in [-0.15, -0.1) is 0 Å². The van der Waals surface area contributed by atoms with Crippen LogP contribution in [-0.4, -0.2) is 16.4 Å². The highest BCUT2D eigenvalue weighted by Crippen LogP contribution is 2.23. The first kappa shape index (κ1) is 8.69. The topological polar surface area (TPSA) is 20.3 Å². The Balaban J connectivity index is 2.57. The van der Waals surface area contributed by atoms with E-state index in [0.29, 0.717) is 13.0 Å². The largest absolute Gasteiger partial charge is 0.274 e. The molecule has 68 valence electrons. The first-order valence-electron chi connectivity index (χ1n) is 3.95. The van der Waals surface area contributed by atoms with Gasteiger partial charge in [-0.1, -0.05) is 12.1 Å². The van der Waals surface area contributed by atoms with E-state index in [0.717, 1.165) is 5.56 Å². The van der Waals surface area contributed by atoms with E-state index in [4.69, 9.17) is 0 Å². The molecule has 0 aliphatic carbocycles. The normalized spacial score (nSPS) is 15.8. The molecule has 0 saturated heterocycles. The smallest absolute Gasteiger partial charge is 0.266 e. The highest BCUT2D eigenvalue weighted by molar-refractivity contribution is 9.07. The fraction of sp³-hybridized carbons (Fsp3) is 0.222. The Morgan fingerprint density at radius 3 is 3.00 bits per heavy atom. The van der Waals surface area contributed by atoms with Crippen molar-refractivity contribution >= 4 is 22.1 Å². The van der Waals surface area contributed by atoms with Crippen LogP contribution in [0.1, 0.15) is 15.9 Å². The second kappa shape index (κ2) is 3.10. The quantitative estimate of drug-likeness (QED) is 0.640. The van der Waals surface area contributed by atoms with E-state index in [1.165, 1.54) is 9.99 Å². The minimum absolute atomic E-state index is 0.200. The molecule has 13 heavy (non-hydrogen) atoms. The van der Waals surface area contributed by atoms with Crippen LogP contribution in [0.5, 0.6) is 0 Å². The molecule has 1 aliphatic rings. The molecular formula is C9H7BrFNO. The third-order valence-corrected chi connectivity index (χ3v) is 2.79. The van der Waals surface area contributed by atoms with Crippen LogP contribution in [0.15, 0.2) is 18.2 Å². The summed E-state index contributed by atoms with van der Waals surface area (Å²) in [5.74, 6) is -0.731. The summed E-state index contributed by atoms with van der Waals surface area (Å²) < 4.78 is 14.6. The molecule has 1 amide bonds. The number of hydrogen-bond donors (Lipinski definition) is 0. The molecule has 0 bridgehead atoms. The van der Waals surface area contributed by atoms with Crippen LogP contribution in [-0.2, 0) is 6.42 Å². The molecule has 2 rings (SSSR count). The molecule has 1 aromatic carbocycles. The van der Waals surface area contributed by atoms with Gasteiger partial charge in [-0.05, 0) is 18.1 Å². The molecule has 0 unspecified atom stereocenters. The minimum atomic E-state index is -0.438. The van der Waals surface area contributed by atoms with Crippen molar-refractivity contribution in [1.82, 2.24) is 3.93 Å². The zero-order valence-corrected chi connectivity index (χ0v) is 8.34. The molecule has 0 aromatic heterocycles. The first-order chi connectivity index (χ1) is 6.20. The molecule has 0 N–H and O–H groups in total. The second-order valence-electron chi connectivity index (χ2n) is 2.91. The Morgan fingerprint density at radius 2 is 2.23 bits per heavy atom. The van der Waals surface area contributed by atoms with Crippen molar-refractivity contribution in [2.75, 3.05) is 6.54 Å². The molecule has 0 saturated carbocycles. The summed E-state index contributed by atoms with van der Waals surface area (Å²) in [7, 11) is 0. The van der Waals surface area contributed by atoms with Crippen molar-refractivity contribution in [3.8, 4) is 0 Å². The van der Waals surface area contributed by atoms with Crippen molar-refractivity contribution in [1.29, 1.82) is 0 Å².